The van der Waals surface area contributed by atoms with E-state index in [0.29, 0.717) is 16.4 Å². The SMILES string of the molecule is CCCc1sc(=NC(=O)c2cccc(F)c2)n(CC)c1-c1ccc(Cl)cc1. The van der Waals surface area contributed by atoms with E-state index in [1.807, 2.05) is 35.8 Å². The number of aryl methyl sites for hydroxylation is 1. The van der Waals surface area contributed by atoms with Crippen LogP contribution in [0.15, 0.2) is 53.5 Å². The van der Waals surface area contributed by atoms with Gasteiger partial charge < -0.3 is 4.57 Å². The second-order valence-corrected chi connectivity index (χ2v) is 7.58. The predicted molar refractivity (Wildman–Crippen MR) is 109 cm³/mol. The fraction of sp³-hybridized carbons (Fsp3) is 0.238. The van der Waals surface area contributed by atoms with Crippen LogP contribution >= 0.6 is 22.9 Å². The molecule has 0 bridgehead atoms. The lowest BCUT2D eigenvalue weighted by molar-refractivity contribution is 0.0997. The lowest BCUT2D eigenvalue weighted by Crippen LogP contribution is -2.17. The van der Waals surface area contributed by atoms with E-state index in [0.717, 1.165) is 24.1 Å². The Bertz CT molecular complexity index is 1020. The summed E-state index contributed by atoms with van der Waals surface area (Å²) in [6.45, 7) is 4.82. The van der Waals surface area contributed by atoms with Crippen LogP contribution in [0.1, 0.15) is 35.5 Å². The number of aromatic nitrogens is 1. The number of nitrogens with zero attached hydrogens (tertiary/aromatic N) is 2. The molecule has 0 unspecified atom stereocenters. The summed E-state index contributed by atoms with van der Waals surface area (Å²) in [7, 11) is 0. The van der Waals surface area contributed by atoms with Crippen molar-refractivity contribution in [2.45, 2.75) is 33.2 Å². The standard InChI is InChI=1S/C21H20ClFN2OS/c1-3-6-18-19(14-9-11-16(22)12-10-14)25(4-2)21(27-18)24-20(26)15-7-5-8-17(23)13-15/h5,7-13H,3-4,6H2,1-2H3. The summed E-state index contributed by atoms with van der Waals surface area (Å²) < 4.78 is 15.5. The Hall–Kier alpha value is -2.24. The quantitative estimate of drug-likeness (QED) is 0.537. The Labute approximate surface area is 166 Å². The molecule has 6 heteroatoms. The van der Waals surface area contributed by atoms with Gasteiger partial charge in [-0.1, -0.05) is 43.1 Å². The number of hydrogen-bond acceptors (Lipinski definition) is 2. The zero-order chi connectivity index (χ0) is 19.4. The van der Waals surface area contributed by atoms with Gasteiger partial charge >= 0.3 is 0 Å². The van der Waals surface area contributed by atoms with Crippen molar-refractivity contribution in [2.24, 2.45) is 4.99 Å². The summed E-state index contributed by atoms with van der Waals surface area (Å²) in [5.74, 6) is -0.886. The third-order valence-electron chi connectivity index (χ3n) is 4.16. The predicted octanol–water partition coefficient (Wildman–Crippen LogP) is 5.72. The number of amides is 1. The zero-order valence-electron chi connectivity index (χ0n) is 15.2. The fourth-order valence-corrected chi connectivity index (χ4v) is 4.37. The van der Waals surface area contributed by atoms with Gasteiger partial charge in [0.15, 0.2) is 4.80 Å². The molecule has 0 N–H and O–H groups in total. The van der Waals surface area contributed by atoms with Gasteiger partial charge in [-0.3, -0.25) is 4.79 Å². The molecule has 27 heavy (non-hydrogen) atoms. The highest BCUT2D eigenvalue weighted by molar-refractivity contribution is 7.09. The van der Waals surface area contributed by atoms with E-state index < -0.39 is 11.7 Å². The molecule has 0 radical (unpaired) electrons. The first-order valence-electron chi connectivity index (χ1n) is 8.86. The first-order chi connectivity index (χ1) is 13.0. The summed E-state index contributed by atoms with van der Waals surface area (Å²) in [5, 5.41) is 0.681. The van der Waals surface area contributed by atoms with Crippen molar-refractivity contribution in [1.82, 2.24) is 4.57 Å². The molecule has 1 heterocycles. The van der Waals surface area contributed by atoms with Crippen molar-refractivity contribution in [2.75, 3.05) is 0 Å². The maximum absolute atomic E-state index is 13.4. The summed E-state index contributed by atoms with van der Waals surface area (Å²) in [4.78, 5) is 18.6. The summed E-state index contributed by atoms with van der Waals surface area (Å²) in [6, 6.07) is 13.3. The highest BCUT2D eigenvalue weighted by atomic mass is 35.5. The molecule has 3 rings (SSSR count). The van der Waals surface area contributed by atoms with E-state index in [9.17, 15) is 9.18 Å². The van der Waals surface area contributed by atoms with Crippen LogP contribution in [0.3, 0.4) is 0 Å². The van der Waals surface area contributed by atoms with Gasteiger partial charge in [0, 0.05) is 22.0 Å². The molecule has 0 atom stereocenters. The van der Waals surface area contributed by atoms with Crippen molar-refractivity contribution < 1.29 is 9.18 Å². The Balaban J connectivity index is 2.14. The van der Waals surface area contributed by atoms with Crippen LogP contribution < -0.4 is 4.80 Å². The highest BCUT2D eigenvalue weighted by Gasteiger charge is 2.15. The fourth-order valence-electron chi connectivity index (χ4n) is 2.93. The van der Waals surface area contributed by atoms with Gasteiger partial charge in [-0.05, 0) is 49.2 Å². The number of carbonyl (C=O) groups is 1. The van der Waals surface area contributed by atoms with Crippen molar-refractivity contribution >= 4 is 28.8 Å². The lowest BCUT2D eigenvalue weighted by atomic mass is 10.1. The van der Waals surface area contributed by atoms with E-state index in [1.54, 1.807) is 6.07 Å². The topological polar surface area (TPSA) is 34.4 Å². The second kappa shape index (κ2) is 8.63. The molecule has 0 aliphatic heterocycles. The minimum Gasteiger partial charge on any atom is -0.316 e. The molecule has 1 aromatic heterocycles. The number of carbonyl (C=O) groups excluding carboxylic acids is 1. The highest BCUT2D eigenvalue weighted by Crippen LogP contribution is 2.28. The molecule has 0 saturated heterocycles. The molecular weight excluding hydrogens is 383 g/mol. The van der Waals surface area contributed by atoms with E-state index in [-0.39, 0.29) is 5.56 Å². The average Bonchev–Trinajstić information content (AvgIpc) is 2.99. The maximum Gasteiger partial charge on any atom is 0.279 e. The molecule has 0 aliphatic carbocycles. The van der Waals surface area contributed by atoms with Crippen LogP contribution in [0.5, 0.6) is 0 Å². The summed E-state index contributed by atoms with van der Waals surface area (Å²) >= 11 is 7.54. The smallest absolute Gasteiger partial charge is 0.279 e. The molecule has 2 aromatic carbocycles. The largest absolute Gasteiger partial charge is 0.316 e. The molecule has 1 amide bonds. The minimum absolute atomic E-state index is 0.246. The molecular formula is C21H20ClFN2OS. The molecule has 140 valence electrons. The molecule has 0 saturated carbocycles. The summed E-state index contributed by atoms with van der Waals surface area (Å²) in [6.07, 6.45) is 1.88. The number of rotatable bonds is 5. The van der Waals surface area contributed by atoms with Crippen molar-refractivity contribution in [3.63, 3.8) is 0 Å². The Morgan fingerprint density at radius 3 is 2.56 bits per heavy atom. The summed E-state index contributed by atoms with van der Waals surface area (Å²) in [5.41, 5.74) is 2.35. The number of benzene rings is 2. The number of thiazole rings is 1. The third kappa shape index (κ3) is 4.37. The van der Waals surface area contributed by atoms with Crippen LogP contribution in [0.4, 0.5) is 4.39 Å². The van der Waals surface area contributed by atoms with E-state index >= 15 is 0 Å². The monoisotopic (exact) mass is 402 g/mol. The van der Waals surface area contributed by atoms with Gasteiger partial charge in [0.05, 0.1) is 5.69 Å². The third-order valence-corrected chi connectivity index (χ3v) is 5.55. The van der Waals surface area contributed by atoms with Gasteiger partial charge in [-0.15, -0.1) is 11.3 Å². The Morgan fingerprint density at radius 1 is 1.19 bits per heavy atom. The van der Waals surface area contributed by atoms with Gasteiger partial charge in [0.1, 0.15) is 5.82 Å². The Morgan fingerprint density at radius 2 is 1.93 bits per heavy atom. The lowest BCUT2D eigenvalue weighted by Gasteiger charge is -2.09. The molecule has 0 fully saturated rings. The van der Waals surface area contributed by atoms with Crippen LogP contribution in [0.2, 0.25) is 5.02 Å². The molecule has 0 aliphatic rings. The minimum atomic E-state index is -0.445. The second-order valence-electron chi connectivity index (χ2n) is 6.08. The maximum atomic E-state index is 13.4. The van der Waals surface area contributed by atoms with Crippen molar-refractivity contribution in [3.8, 4) is 11.3 Å². The Kier molecular flexibility index (Phi) is 6.24. The van der Waals surface area contributed by atoms with Gasteiger partial charge in [-0.25, -0.2) is 4.39 Å². The first-order valence-corrected chi connectivity index (χ1v) is 10.1. The van der Waals surface area contributed by atoms with Gasteiger partial charge in [0.25, 0.3) is 5.91 Å². The van der Waals surface area contributed by atoms with Gasteiger partial charge in [-0.2, -0.15) is 4.99 Å². The van der Waals surface area contributed by atoms with Crippen molar-refractivity contribution in [3.05, 3.63) is 74.6 Å². The van der Waals surface area contributed by atoms with Crippen molar-refractivity contribution in [1.29, 1.82) is 0 Å². The normalized spacial score (nSPS) is 11.8. The van der Waals surface area contributed by atoms with Gasteiger partial charge in [0.2, 0.25) is 0 Å². The zero-order valence-corrected chi connectivity index (χ0v) is 16.8. The number of hydrogen-bond donors (Lipinski definition) is 0. The first kappa shape index (κ1) is 19.5. The molecule has 0 spiro atoms. The van der Waals surface area contributed by atoms with Crippen LogP contribution in [0, 0.1) is 5.82 Å². The van der Waals surface area contributed by atoms with Crippen LogP contribution in [-0.4, -0.2) is 10.5 Å². The van der Waals surface area contributed by atoms with Crippen LogP contribution in [-0.2, 0) is 13.0 Å². The average molecular weight is 403 g/mol. The molecule has 3 nitrogen and oxygen atoms in total. The van der Waals surface area contributed by atoms with E-state index in [4.69, 9.17) is 11.6 Å². The number of halogens is 2. The van der Waals surface area contributed by atoms with E-state index in [2.05, 4.69) is 11.9 Å². The van der Waals surface area contributed by atoms with E-state index in [1.165, 1.54) is 34.4 Å². The van der Waals surface area contributed by atoms with Crippen LogP contribution in [0.25, 0.3) is 11.3 Å². The molecule has 3 aromatic rings.